The van der Waals surface area contributed by atoms with Crippen LogP contribution in [0.15, 0.2) is 18.3 Å². The van der Waals surface area contributed by atoms with Crippen LogP contribution in [0.4, 0.5) is 5.82 Å². The lowest BCUT2D eigenvalue weighted by molar-refractivity contribution is 0.355. The summed E-state index contributed by atoms with van der Waals surface area (Å²) in [6, 6.07) is 4.16. The molecular formula is C14H23N3. The predicted molar refractivity (Wildman–Crippen MR) is 72.2 cm³/mol. The zero-order valence-corrected chi connectivity index (χ0v) is 10.9. The van der Waals surface area contributed by atoms with E-state index < -0.39 is 0 Å². The van der Waals surface area contributed by atoms with Crippen LogP contribution in [0.25, 0.3) is 0 Å². The van der Waals surface area contributed by atoms with Gasteiger partial charge in [-0.2, -0.15) is 0 Å². The molecule has 0 amide bonds. The minimum absolute atomic E-state index is 0.692. The van der Waals surface area contributed by atoms with Gasteiger partial charge in [0.2, 0.25) is 0 Å². The van der Waals surface area contributed by atoms with E-state index >= 15 is 0 Å². The zero-order valence-electron chi connectivity index (χ0n) is 10.9. The van der Waals surface area contributed by atoms with Crippen molar-refractivity contribution in [3.8, 4) is 0 Å². The molecular weight excluding hydrogens is 210 g/mol. The van der Waals surface area contributed by atoms with E-state index in [2.05, 4.69) is 29.8 Å². The molecule has 1 aliphatic rings. The molecule has 2 unspecified atom stereocenters. The van der Waals surface area contributed by atoms with Crippen molar-refractivity contribution in [1.82, 2.24) is 4.98 Å². The fourth-order valence-electron chi connectivity index (χ4n) is 2.90. The molecule has 94 valence electrons. The van der Waals surface area contributed by atoms with E-state index in [1.54, 1.807) is 0 Å². The third-order valence-corrected chi connectivity index (χ3v) is 3.45. The van der Waals surface area contributed by atoms with E-state index in [4.69, 9.17) is 5.73 Å². The standard InChI is InChI=1S/C14H23N3/c1-11-8-12(2)10-17(9-11)14-13(5-6-15)4-3-7-16-14/h3-4,7,11-12H,5-6,8-10,15H2,1-2H3. The lowest BCUT2D eigenvalue weighted by atomic mass is 9.91. The molecule has 1 aromatic heterocycles. The van der Waals surface area contributed by atoms with Crippen LogP contribution in [-0.2, 0) is 6.42 Å². The van der Waals surface area contributed by atoms with E-state index in [1.165, 1.54) is 12.0 Å². The number of nitrogens with zero attached hydrogens (tertiary/aromatic N) is 2. The van der Waals surface area contributed by atoms with Crippen molar-refractivity contribution < 1.29 is 0 Å². The van der Waals surface area contributed by atoms with Crippen molar-refractivity contribution in [1.29, 1.82) is 0 Å². The van der Waals surface area contributed by atoms with Crippen molar-refractivity contribution >= 4 is 5.82 Å². The Kier molecular flexibility index (Phi) is 4.00. The predicted octanol–water partition coefficient (Wildman–Crippen LogP) is 2.07. The van der Waals surface area contributed by atoms with Gasteiger partial charge in [-0.1, -0.05) is 19.9 Å². The fourth-order valence-corrected chi connectivity index (χ4v) is 2.90. The summed E-state index contributed by atoms with van der Waals surface area (Å²) in [6.45, 7) is 7.60. The summed E-state index contributed by atoms with van der Waals surface area (Å²) in [4.78, 5) is 6.99. The largest absolute Gasteiger partial charge is 0.356 e. The molecule has 2 rings (SSSR count). The van der Waals surface area contributed by atoms with Crippen LogP contribution in [0.1, 0.15) is 25.8 Å². The Morgan fingerprint density at radius 2 is 2.06 bits per heavy atom. The molecule has 3 heteroatoms. The van der Waals surface area contributed by atoms with Crippen LogP contribution in [0, 0.1) is 11.8 Å². The smallest absolute Gasteiger partial charge is 0.131 e. The topological polar surface area (TPSA) is 42.2 Å². The SMILES string of the molecule is CC1CC(C)CN(c2ncccc2CCN)C1. The molecule has 2 N–H and O–H groups in total. The number of anilines is 1. The van der Waals surface area contributed by atoms with Gasteiger partial charge in [0.15, 0.2) is 0 Å². The molecule has 0 aromatic carbocycles. The first kappa shape index (κ1) is 12.4. The van der Waals surface area contributed by atoms with Crippen LogP contribution in [0.2, 0.25) is 0 Å². The van der Waals surface area contributed by atoms with E-state index in [0.717, 1.165) is 37.2 Å². The van der Waals surface area contributed by atoms with Crippen molar-refractivity contribution in [2.45, 2.75) is 26.7 Å². The van der Waals surface area contributed by atoms with Gasteiger partial charge in [-0.3, -0.25) is 0 Å². The van der Waals surface area contributed by atoms with Gasteiger partial charge in [0.25, 0.3) is 0 Å². The van der Waals surface area contributed by atoms with Gasteiger partial charge in [-0.05, 0) is 42.9 Å². The fraction of sp³-hybridized carbons (Fsp3) is 0.643. The number of aromatic nitrogens is 1. The summed E-state index contributed by atoms with van der Waals surface area (Å²) in [7, 11) is 0. The first-order valence-electron chi connectivity index (χ1n) is 6.59. The van der Waals surface area contributed by atoms with Gasteiger partial charge in [-0.25, -0.2) is 4.98 Å². The number of hydrogen-bond donors (Lipinski definition) is 1. The highest BCUT2D eigenvalue weighted by Crippen LogP contribution is 2.27. The summed E-state index contributed by atoms with van der Waals surface area (Å²) in [6.07, 6.45) is 4.14. The second kappa shape index (κ2) is 5.50. The molecule has 2 atom stereocenters. The molecule has 2 heterocycles. The Morgan fingerprint density at radius 3 is 2.71 bits per heavy atom. The first-order chi connectivity index (χ1) is 8.20. The highest BCUT2D eigenvalue weighted by molar-refractivity contribution is 5.47. The van der Waals surface area contributed by atoms with Gasteiger partial charge in [0.05, 0.1) is 0 Å². The van der Waals surface area contributed by atoms with Crippen molar-refractivity contribution in [3.63, 3.8) is 0 Å². The number of hydrogen-bond acceptors (Lipinski definition) is 3. The average molecular weight is 233 g/mol. The molecule has 0 aliphatic carbocycles. The summed E-state index contributed by atoms with van der Waals surface area (Å²) >= 11 is 0. The minimum atomic E-state index is 0.692. The maximum atomic E-state index is 5.67. The molecule has 0 spiro atoms. The summed E-state index contributed by atoms with van der Waals surface area (Å²) in [5.41, 5.74) is 6.96. The van der Waals surface area contributed by atoms with Crippen LogP contribution in [0.3, 0.4) is 0 Å². The lowest BCUT2D eigenvalue weighted by Gasteiger charge is -2.36. The van der Waals surface area contributed by atoms with Crippen molar-refractivity contribution in [2.75, 3.05) is 24.5 Å². The summed E-state index contributed by atoms with van der Waals surface area (Å²) in [5.74, 6) is 2.66. The molecule has 0 radical (unpaired) electrons. The number of rotatable bonds is 3. The third kappa shape index (κ3) is 2.97. The van der Waals surface area contributed by atoms with Crippen LogP contribution < -0.4 is 10.6 Å². The molecule has 1 fully saturated rings. The Labute approximate surface area is 104 Å². The van der Waals surface area contributed by atoms with E-state index in [9.17, 15) is 0 Å². The second-order valence-electron chi connectivity index (χ2n) is 5.38. The molecule has 17 heavy (non-hydrogen) atoms. The second-order valence-corrected chi connectivity index (χ2v) is 5.38. The number of nitrogens with two attached hydrogens (primary N) is 1. The van der Waals surface area contributed by atoms with Gasteiger partial charge in [-0.15, -0.1) is 0 Å². The third-order valence-electron chi connectivity index (χ3n) is 3.45. The number of pyridine rings is 1. The summed E-state index contributed by atoms with van der Waals surface area (Å²) < 4.78 is 0. The normalized spacial score (nSPS) is 25.0. The summed E-state index contributed by atoms with van der Waals surface area (Å²) in [5, 5.41) is 0. The minimum Gasteiger partial charge on any atom is -0.356 e. The van der Waals surface area contributed by atoms with Gasteiger partial charge in [0.1, 0.15) is 5.82 Å². The van der Waals surface area contributed by atoms with Gasteiger partial charge < -0.3 is 10.6 Å². The quantitative estimate of drug-likeness (QED) is 0.869. The molecule has 1 aromatic rings. The van der Waals surface area contributed by atoms with Crippen molar-refractivity contribution in [3.05, 3.63) is 23.9 Å². The van der Waals surface area contributed by atoms with Crippen LogP contribution in [-0.4, -0.2) is 24.6 Å². The Morgan fingerprint density at radius 1 is 1.35 bits per heavy atom. The van der Waals surface area contributed by atoms with E-state index in [-0.39, 0.29) is 0 Å². The molecule has 0 saturated carbocycles. The Hall–Kier alpha value is -1.09. The van der Waals surface area contributed by atoms with E-state index in [0.29, 0.717) is 6.54 Å². The Bertz CT molecular complexity index is 354. The molecule has 0 bridgehead atoms. The van der Waals surface area contributed by atoms with Crippen LogP contribution in [0.5, 0.6) is 0 Å². The van der Waals surface area contributed by atoms with E-state index in [1.807, 2.05) is 12.3 Å². The van der Waals surface area contributed by atoms with Gasteiger partial charge in [0, 0.05) is 19.3 Å². The molecule has 1 saturated heterocycles. The average Bonchev–Trinajstić information content (AvgIpc) is 2.29. The van der Waals surface area contributed by atoms with Crippen molar-refractivity contribution in [2.24, 2.45) is 17.6 Å². The molecule has 1 aliphatic heterocycles. The number of piperidine rings is 1. The first-order valence-corrected chi connectivity index (χ1v) is 6.59. The monoisotopic (exact) mass is 233 g/mol. The zero-order chi connectivity index (χ0) is 12.3. The maximum Gasteiger partial charge on any atom is 0.131 e. The molecule has 3 nitrogen and oxygen atoms in total. The lowest BCUT2D eigenvalue weighted by Crippen LogP contribution is -2.39. The maximum absolute atomic E-state index is 5.67. The Balaban J connectivity index is 2.20. The van der Waals surface area contributed by atoms with Crippen LogP contribution >= 0.6 is 0 Å². The highest BCUT2D eigenvalue weighted by Gasteiger charge is 2.23. The highest BCUT2D eigenvalue weighted by atomic mass is 15.2. The van der Waals surface area contributed by atoms with Gasteiger partial charge >= 0.3 is 0 Å².